The van der Waals surface area contributed by atoms with Gasteiger partial charge in [-0.15, -0.1) is 0 Å². The Kier molecular flexibility index (Phi) is 3.45. The second kappa shape index (κ2) is 5.30. The van der Waals surface area contributed by atoms with Crippen molar-refractivity contribution in [1.82, 2.24) is 4.90 Å². The third kappa shape index (κ3) is 2.26. The van der Waals surface area contributed by atoms with Crippen molar-refractivity contribution in [3.63, 3.8) is 0 Å². The summed E-state index contributed by atoms with van der Waals surface area (Å²) >= 11 is 0. The van der Waals surface area contributed by atoms with Crippen LogP contribution >= 0.6 is 0 Å². The Morgan fingerprint density at radius 1 is 0.955 bits per heavy atom. The zero-order valence-electron chi connectivity index (χ0n) is 12.6. The van der Waals surface area contributed by atoms with Gasteiger partial charge in [0.2, 0.25) is 0 Å². The molecule has 0 unspecified atom stereocenters. The molecule has 0 radical (unpaired) electrons. The molecule has 0 aromatic heterocycles. The molecule has 0 bridgehead atoms. The molecule has 1 heterocycles. The molecule has 0 fully saturated rings. The Morgan fingerprint density at radius 3 is 1.95 bits per heavy atom. The van der Waals surface area contributed by atoms with E-state index in [1.165, 1.54) is 4.90 Å². The highest BCUT2D eigenvalue weighted by molar-refractivity contribution is 6.21. The highest BCUT2D eigenvalue weighted by atomic mass is 16.3. The number of amides is 2. The molecule has 0 saturated heterocycles. The monoisotopic (exact) mass is 295 g/mol. The number of carbonyl (C=O) groups excluding carboxylic acids is 2. The molecule has 4 heteroatoms. The number of carbonyl (C=O) groups is 2. The summed E-state index contributed by atoms with van der Waals surface area (Å²) in [4.78, 5) is 25.9. The van der Waals surface area contributed by atoms with Gasteiger partial charge in [0.15, 0.2) is 0 Å². The lowest BCUT2D eigenvalue weighted by Crippen LogP contribution is -2.31. The Morgan fingerprint density at radius 2 is 1.45 bits per heavy atom. The molecular formula is C18H17NO3. The number of nitrogens with zero attached hydrogens (tertiary/aromatic N) is 1. The average molecular weight is 295 g/mol. The largest absolute Gasteiger partial charge is 0.507 e. The normalized spacial score (nSPS) is 13.6. The van der Waals surface area contributed by atoms with Gasteiger partial charge in [-0.05, 0) is 49.1 Å². The number of benzene rings is 2. The van der Waals surface area contributed by atoms with Crippen LogP contribution < -0.4 is 0 Å². The fraction of sp³-hybridized carbons (Fsp3) is 0.222. The van der Waals surface area contributed by atoms with Gasteiger partial charge in [-0.2, -0.15) is 0 Å². The number of phenols is 1. The molecule has 2 aromatic carbocycles. The maximum atomic E-state index is 12.3. The minimum Gasteiger partial charge on any atom is -0.507 e. The summed E-state index contributed by atoms with van der Waals surface area (Å²) in [5.41, 5.74) is 3.57. The minimum atomic E-state index is -0.229. The molecule has 1 aliphatic rings. The van der Waals surface area contributed by atoms with Gasteiger partial charge in [-0.1, -0.05) is 24.3 Å². The zero-order valence-corrected chi connectivity index (χ0v) is 12.6. The van der Waals surface area contributed by atoms with E-state index in [9.17, 15) is 14.7 Å². The molecule has 112 valence electrons. The number of hydrogen-bond donors (Lipinski definition) is 1. The van der Waals surface area contributed by atoms with Gasteiger partial charge in [-0.25, -0.2) is 0 Å². The fourth-order valence-corrected chi connectivity index (χ4v) is 2.87. The minimum absolute atomic E-state index is 0.229. The smallest absolute Gasteiger partial charge is 0.261 e. The van der Waals surface area contributed by atoms with Crippen molar-refractivity contribution in [1.29, 1.82) is 0 Å². The molecule has 22 heavy (non-hydrogen) atoms. The van der Waals surface area contributed by atoms with Crippen LogP contribution in [-0.2, 0) is 6.42 Å². The molecule has 2 aromatic rings. The predicted octanol–water partition coefficient (Wildman–Crippen LogP) is 2.85. The summed E-state index contributed by atoms with van der Waals surface area (Å²) in [6, 6.07) is 10.7. The van der Waals surface area contributed by atoms with Crippen LogP contribution in [0.15, 0.2) is 36.4 Å². The van der Waals surface area contributed by atoms with Crippen LogP contribution in [-0.4, -0.2) is 28.4 Å². The Bertz CT molecular complexity index is 722. The summed E-state index contributed by atoms with van der Waals surface area (Å²) in [5.74, 6) is -0.162. The lowest BCUT2D eigenvalue weighted by Gasteiger charge is -2.14. The van der Waals surface area contributed by atoms with Crippen LogP contribution in [0.3, 0.4) is 0 Å². The highest BCUT2D eigenvalue weighted by Gasteiger charge is 2.34. The molecule has 0 spiro atoms. The van der Waals surface area contributed by atoms with Crippen LogP contribution in [0.25, 0.3) is 0 Å². The van der Waals surface area contributed by atoms with E-state index >= 15 is 0 Å². The first-order valence-electron chi connectivity index (χ1n) is 7.23. The van der Waals surface area contributed by atoms with Crippen molar-refractivity contribution < 1.29 is 14.7 Å². The molecule has 0 aliphatic carbocycles. The first-order valence-corrected chi connectivity index (χ1v) is 7.23. The topological polar surface area (TPSA) is 57.6 Å². The molecule has 2 amide bonds. The molecule has 3 rings (SSSR count). The van der Waals surface area contributed by atoms with Gasteiger partial charge >= 0.3 is 0 Å². The maximum Gasteiger partial charge on any atom is 0.261 e. The Hall–Kier alpha value is -2.62. The predicted molar refractivity (Wildman–Crippen MR) is 83.1 cm³/mol. The third-order valence-corrected chi connectivity index (χ3v) is 4.05. The van der Waals surface area contributed by atoms with Crippen LogP contribution in [0, 0.1) is 13.8 Å². The number of imide groups is 1. The molecule has 4 nitrogen and oxygen atoms in total. The van der Waals surface area contributed by atoms with Gasteiger partial charge in [-0.3, -0.25) is 14.5 Å². The number of aryl methyl sites for hydroxylation is 2. The van der Waals surface area contributed by atoms with Crippen LogP contribution in [0.1, 0.15) is 37.4 Å². The summed E-state index contributed by atoms with van der Waals surface area (Å²) in [5, 5.41) is 9.79. The van der Waals surface area contributed by atoms with Gasteiger partial charge in [0.25, 0.3) is 11.8 Å². The quantitative estimate of drug-likeness (QED) is 0.886. The second-order valence-corrected chi connectivity index (χ2v) is 5.64. The zero-order chi connectivity index (χ0) is 15.9. The standard InChI is InChI=1S/C18H17NO3/c1-11-9-13(10-12(2)16(11)20)7-8-19-17(21)14-5-3-4-6-15(14)18(19)22/h3-6,9-10,20H,7-8H2,1-2H3. The van der Waals surface area contributed by atoms with Crippen molar-refractivity contribution in [2.45, 2.75) is 20.3 Å². The number of phenolic OH excluding ortho intramolecular Hbond substituents is 1. The van der Waals surface area contributed by atoms with Crippen LogP contribution in [0.4, 0.5) is 0 Å². The highest BCUT2D eigenvalue weighted by Crippen LogP contribution is 2.25. The molecule has 0 saturated carbocycles. The van der Waals surface area contributed by atoms with Gasteiger partial charge in [0, 0.05) is 6.54 Å². The second-order valence-electron chi connectivity index (χ2n) is 5.64. The van der Waals surface area contributed by atoms with Gasteiger partial charge in [0.05, 0.1) is 11.1 Å². The summed E-state index contributed by atoms with van der Waals surface area (Å²) in [6.45, 7) is 4.03. The van der Waals surface area contributed by atoms with Crippen molar-refractivity contribution in [3.8, 4) is 5.75 Å². The van der Waals surface area contributed by atoms with Crippen molar-refractivity contribution in [3.05, 3.63) is 64.2 Å². The van der Waals surface area contributed by atoms with Crippen LogP contribution in [0.2, 0.25) is 0 Å². The van der Waals surface area contributed by atoms with Gasteiger partial charge in [0.1, 0.15) is 5.75 Å². The summed E-state index contributed by atoms with van der Waals surface area (Å²) in [6.07, 6.45) is 0.577. The van der Waals surface area contributed by atoms with E-state index in [4.69, 9.17) is 0 Å². The Labute approximate surface area is 129 Å². The first kappa shape index (κ1) is 14.3. The van der Waals surface area contributed by atoms with E-state index in [1.54, 1.807) is 24.3 Å². The van der Waals surface area contributed by atoms with Crippen molar-refractivity contribution >= 4 is 11.8 Å². The van der Waals surface area contributed by atoms with E-state index in [-0.39, 0.29) is 11.8 Å². The van der Waals surface area contributed by atoms with E-state index in [2.05, 4.69) is 0 Å². The number of rotatable bonds is 3. The Balaban J connectivity index is 1.79. The fourth-order valence-electron chi connectivity index (χ4n) is 2.87. The van der Waals surface area contributed by atoms with E-state index < -0.39 is 0 Å². The van der Waals surface area contributed by atoms with Crippen molar-refractivity contribution in [2.24, 2.45) is 0 Å². The summed E-state index contributed by atoms with van der Waals surface area (Å²) < 4.78 is 0. The first-order chi connectivity index (χ1) is 10.5. The third-order valence-electron chi connectivity index (χ3n) is 4.05. The number of fused-ring (bicyclic) bond motifs is 1. The van der Waals surface area contributed by atoms with E-state index in [1.807, 2.05) is 26.0 Å². The van der Waals surface area contributed by atoms with Crippen molar-refractivity contribution in [2.75, 3.05) is 6.54 Å². The lowest BCUT2D eigenvalue weighted by atomic mass is 10.0. The van der Waals surface area contributed by atoms with Crippen LogP contribution in [0.5, 0.6) is 5.75 Å². The SMILES string of the molecule is Cc1cc(CCN2C(=O)c3ccccc3C2=O)cc(C)c1O. The van der Waals surface area contributed by atoms with E-state index in [0.717, 1.165) is 16.7 Å². The molecular weight excluding hydrogens is 278 g/mol. The molecule has 1 aliphatic heterocycles. The molecule has 1 N–H and O–H groups in total. The number of hydrogen-bond acceptors (Lipinski definition) is 3. The van der Waals surface area contributed by atoms with Gasteiger partial charge < -0.3 is 5.11 Å². The summed E-state index contributed by atoms with van der Waals surface area (Å²) in [7, 11) is 0. The molecule has 0 atom stereocenters. The lowest BCUT2D eigenvalue weighted by molar-refractivity contribution is 0.0656. The maximum absolute atomic E-state index is 12.3. The number of aromatic hydroxyl groups is 1. The van der Waals surface area contributed by atoms with E-state index in [0.29, 0.717) is 29.8 Å². The average Bonchev–Trinajstić information content (AvgIpc) is 2.75.